The minimum absolute atomic E-state index is 0.0540. The average molecular weight is 412 g/mol. The lowest BCUT2D eigenvalue weighted by molar-refractivity contribution is -0.483. The molecule has 0 saturated heterocycles. The van der Waals surface area contributed by atoms with E-state index in [1.807, 2.05) is 13.0 Å². The van der Waals surface area contributed by atoms with E-state index in [1.54, 1.807) is 36.0 Å². The van der Waals surface area contributed by atoms with Crippen LogP contribution in [0, 0.1) is 17.5 Å². The van der Waals surface area contributed by atoms with Crippen molar-refractivity contribution in [2.75, 3.05) is 14.2 Å². The van der Waals surface area contributed by atoms with Crippen LogP contribution < -0.4 is 9.47 Å². The van der Waals surface area contributed by atoms with Gasteiger partial charge < -0.3 is 9.47 Å². The summed E-state index contributed by atoms with van der Waals surface area (Å²) in [7, 11) is 3.05. The lowest BCUT2D eigenvalue weighted by Crippen LogP contribution is -2.35. The Hall–Kier alpha value is -3.28. The first kappa shape index (κ1) is 20.0. The van der Waals surface area contributed by atoms with Crippen LogP contribution in [0.25, 0.3) is 0 Å². The molecule has 1 aliphatic rings. The Morgan fingerprint density at radius 1 is 0.833 bits per heavy atom. The molecule has 1 heterocycles. The van der Waals surface area contributed by atoms with Crippen molar-refractivity contribution in [3.63, 3.8) is 0 Å². The molecule has 0 amide bonds. The summed E-state index contributed by atoms with van der Waals surface area (Å²) in [6, 6.07) is 13.7. The molecule has 3 aromatic rings. The van der Waals surface area contributed by atoms with Crippen LogP contribution in [-0.4, -0.2) is 30.5 Å². The Morgan fingerprint density at radius 3 is 2.20 bits per heavy atom. The summed E-state index contributed by atoms with van der Waals surface area (Å²) in [5.41, 5.74) is 2.25. The normalized spacial score (nSPS) is 15.7. The lowest BCUT2D eigenvalue weighted by Gasteiger charge is -2.25. The van der Waals surface area contributed by atoms with Gasteiger partial charge in [0.2, 0.25) is 11.4 Å². The quantitative estimate of drug-likeness (QED) is 0.546. The first-order valence-electron chi connectivity index (χ1n) is 9.56. The number of nitrogens with zero attached hydrogens (tertiary/aromatic N) is 1. The van der Waals surface area contributed by atoms with E-state index in [9.17, 15) is 13.2 Å². The van der Waals surface area contributed by atoms with Crippen molar-refractivity contribution in [3.05, 3.63) is 88.7 Å². The van der Waals surface area contributed by atoms with Gasteiger partial charge in [0.25, 0.3) is 0 Å². The van der Waals surface area contributed by atoms with Gasteiger partial charge in [0.1, 0.15) is 0 Å². The first-order valence-corrected chi connectivity index (χ1v) is 9.56. The maximum atomic E-state index is 15.0. The minimum Gasteiger partial charge on any atom is -0.493 e. The zero-order valence-electron chi connectivity index (χ0n) is 16.9. The molecular formula is C24H21F3NO2+. The highest BCUT2D eigenvalue weighted by atomic mass is 19.2. The van der Waals surface area contributed by atoms with E-state index in [2.05, 4.69) is 0 Å². The van der Waals surface area contributed by atoms with E-state index in [0.717, 1.165) is 11.6 Å². The molecule has 30 heavy (non-hydrogen) atoms. The van der Waals surface area contributed by atoms with E-state index in [0.29, 0.717) is 34.9 Å². The average Bonchev–Trinajstić information content (AvgIpc) is 2.74. The highest BCUT2D eigenvalue weighted by Crippen LogP contribution is 2.37. The second-order valence-corrected chi connectivity index (χ2v) is 7.19. The van der Waals surface area contributed by atoms with Crippen molar-refractivity contribution in [3.8, 4) is 11.5 Å². The number of hydrogen-bond donors (Lipinski definition) is 0. The molecule has 0 aromatic heterocycles. The monoisotopic (exact) mass is 412 g/mol. The molecule has 1 aliphatic heterocycles. The predicted octanol–water partition coefficient (Wildman–Crippen LogP) is 5.25. The van der Waals surface area contributed by atoms with Crippen molar-refractivity contribution >= 4 is 11.4 Å². The van der Waals surface area contributed by atoms with Crippen molar-refractivity contribution in [2.24, 2.45) is 0 Å². The molecule has 1 atom stereocenters. The largest absolute Gasteiger partial charge is 0.493 e. The molecule has 3 nitrogen and oxygen atoms in total. The summed E-state index contributed by atoms with van der Waals surface area (Å²) >= 11 is 0. The van der Waals surface area contributed by atoms with Gasteiger partial charge in [0.05, 0.1) is 25.3 Å². The van der Waals surface area contributed by atoms with Gasteiger partial charge in [-0.05, 0) is 42.8 Å². The fraction of sp³-hybridized carbons (Fsp3) is 0.208. The van der Waals surface area contributed by atoms with Crippen molar-refractivity contribution < 1.29 is 27.2 Å². The third-order valence-electron chi connectivity index (χ3n) is 5.38. The van der Waals surface area contributed by atoms with Crippen molar-refractivity contribution in [2.45, 2.75) is 19.4 Å². The van der Waals surface area contributed by atoms with Crippen LogP contribution in [0.2, 0.25) is 0 Å². The van der Waals surface area contributed by atoms with Gasteiger partial charge in [0, 0.05) is 12.5 Å². The summed E-state index contributed by atoms with van der Waals surface area (Å²) in [4.78, 5) is 0. The Kier molecular flexibility index (Phi) is 5.24. The topological polar surface area (TPSA) is 21.5 Å². The van der Waals surface area contributed by atoms with Gasteiger partial charge in [-0.3, -0.25) is 0 Å². The van der Waals surface area contributed by atoms with Crippen LogP contribution in [0.1, 0.15) is 23.6 Å². The molecule has 0 radical (unpaired) electrons. The highest BCUT2D eigenvalue weighted by Gasteiger charge is 2.37. The lowest BCUT2D eigenvalue weighted by atomic mass is 9.88. The minimum atomic E-state index is -0.983. The second kappa shape index (κ2) is 7.86. The van der Waals surface area contributed by atoms with Gasteiger partial charge in [-0.1, -0.05) is 18.2 Å². The van der Waals surface area contributed by atoms with E-state index in [4.69, 9.17) is 9.47 Å². The molecule has 4 rings (SSSR count). The molecule has 0 bridgehead atoms. The molecule has 0 N–H and O–H groups in total. The molecule has 0 fully saturated rings. The Morgan fingerprint density at radius 2 is 1.50 bits per heavy atom. The number of para-hydroxylation sites is 1. The predicted molar refractivity (Wildman–Crippen MR) is 109 cm³/mol. The maximum Gasteiger partial charge on any atom is 0.242 e. The van der Waals surface area contributed by atoms with Gasteiger partial charge in [-0.15, -0.1) is 0 Å². The molecule has 1 unspecified atom stereocenters. The first-order chi connectivity index (χ1) is 14.5. The van der Waals surface area contributed by atoms with Crippen molar-refractivity contribution in [1.29, 1.82) is 0 Å². The van der Waals surface area contributed by atoms with Crippen LogP contribution in [-0.2, 0) is 6.42 Å². The maximum absolute atomic E-state index is 15.0. The number of ether oxygens (including phenoxy) is 2. The summed E-state index contributed by atoms with van der Waals surface area (Å²) < 4.78 is 56.5. The van der Waals surface area contributed by atoms with Gasteiger partial charge in [-0.2, -0.15) is 8.97 Å². The SMILES string of the molecule is COc1cc2c(cc1OC)C(c1cccc(F)c1F)=[N+](c1ccccc1F)C(C)C2. The Labute approximate surface area is 173 Å². The van der Waals surface area contributed by atoms with Gasteiger partial charge >= 0.3 is 0 Å². The van der Waals surface area contributed by atoms with E-state index >= 15 is 0 Å². The second-order valence-electron chi connectivity index (χ2n) is 7.19. The van der Waals surface area contributed by atoms with Crippen LogP contribution in [0.4, 0.5) is 18.9 Å². The van der Waals surface area contributed by atoms with Crippen LogP contribution in [0.3, 0.4) is 0 Å². The number of halogens is 3. The number of methoxy groups -OCH3 is 2. The van der Waals surface area contributed by atoms with Gasteiger partial charge in [-0.25, -0.2) is 8.78 Å². The third kappa shape index (κ3) is 3.22. The fourth-order valence-electron chi connectivity index (χ4n) is 4.04. The van der Waals surface area contributed by atoms with Crippen LogP contribution in [0.15, 0.2) is 54.6 Å². The van der Waals surface area contributed by atoms with Crippen LogP contribution in [0.5, 0.6) is 11.5 Å². The number of fused-ring (bicyclic) bond motifs is 1. The highest BCUT2D eigenvalue weighted by molar-refractivity contribution is 6.12. The molecule has 0 saturated carbocycles. The number of benzene rings is 3. The standard InChI is InChI=1S/C24H21F3NO2/c1-14-11-15-12-21(29-2)22(30-3)13-17(15)24(16-7-6-9-19(26)23(16)27)28(14)20-10-5-4-8-18(20)25/h4-10,12-14H,11H2,1-3H3/q+1. The molecule has 6 heteroatoms. The molecular weight excluding hydrogens is 391 g/mol. The zero-order valence-corrected chi connectivity index (χ0v) is 16.9. The van der Waals surface area contributed by atoms with Gasteiger partial charge in [0.15, 0.2) is 35.0 Å². The van der Waals surface area contributed by atoms with Crippen LogP contribution >= 0.6 is 0 Å². The fourth-order valence-corrected chi connectivity index (χ4v) is 4.04. The number of rotatable bonds is 4. The van der Waals surface area contributed by atoms with Crippen molar-refractivity contribution in [1.82, 2.24) is 0 Å². The zero-order chi connectivity index (χ0) is 21.4. The molecule has 154 valence electrons. The smallest absolute Gasteiger partial charge is 0.242 e. The molecule has 0 aliphatic carbocycles. The number of hydrogen-bond acceptors (Lipinski definition) is 2. The Balaban J connectivity index is 2.12. The van der Waals surface area contributed by atoms with E-state index in [-0.39, 0.29) is 11.6 Å². The third-order valence-corrected chi connectivity index (χ3v) is 5.38. The summed E-state index contributed by atoms with van der Waals surface area (Å²) in [5, 5.41) is 0. The molecule has 0 spiro atoms. The summed E-state index contributed by atoms with van der Waals surface area (Å²) in [6.07, 6.45) is 0.560. The Bertz CT molecular complexity index is 1160. The summed E-state index contributed by atoms with van der Waals surface area (Å²) in [5.74, 6) is -1.39. The summed E-state index contributed by atoms with van der Waals surface area (Å²) in [6.45, 7) is 1.92. The van der Waals surface area contributed by atoms with E-state index in [1.165, 1.54) is 25.3 Å². The van der Waals surface area contributed by atoms with E-state index < -0.39 is 17.5 Å². The molecule has 3 aromatic carbocycles.